The molecule has 0 unspecified atom stereocenters. The van der Waals surface area contributed by atoms with Gasteiger partial charge >= 0.3 is 5.97 Å². The van der Waals surface area contributed by atoms with Crippen LogP contribution in [0.25, 0.3) is 6.08 Å². The van der Waals surface area contributed by atoms with Gasteiger partial charge in [0.05, 0.1) is 24.6 Å². The molecule has 0 saturated heterocycles. The van der Waals surface area contributed by atoms with Gasteiger partial charge < -0.3 is 14.9 Å². The molecule has 18 heavy (non-hydrogen) atoms. The topological polar surface area (TPSA) is 113 Å². The number of rotatable bonds is 3. The van der Waals surface area contributed by atoms with Crippen molar-refractivity contribution in [3.63, 3.8) is 0 Å². The molecule has 1 aromatic rings. The summed E-state index contributed by atoms with van der Waals surface area (Å²) in [6, 6.07) is 6.63. The molecule has 0 atom stereocenters. The van der Waals surface area contributed by atoms with Gasteiger partial charge in [-0.05, 0) is 12.1 Å². The Balaban J connectivity index is 3.26. The summed E-state index contributed by atoms with van der Waals surface area (Å²) in [5, 5.41) is 17.8. The van der Waals surface area contributed by atoms with Gasteiger partial charge in [0.15, 0.2) is 5.57 Å². The molecule has 0 fully saturated rings. The number of nitrogens with two attached hydrogens (primary N) is 1. The summed E-state index contributed by atoms with van der Waals surface area (Å²) in [5.41, 5.74) is 4.88. The first-order valence-corrected chi connectivity index (χ1v) is 4.77. The van der Waals surface area contributed by atoms with Crippen LogP contribution in [0.2, 0.25) is 0 Å². The third kappa shape index (κ3) is 2.77. The number of carbonyl (C=O) groups excluding carboxylic acids is 1. The number of hydrogen-bond acceptors (Lipinski definition) is 6. The van der Waals surface area contributed by atoms with E-state index >= 15 is 0 Å². The molecular formula is C12H9N3O3. The average Bonchev–Trinajstić information content (AvgIpc) is 2.89. The van der Waals surface area contributed by atoms with Gasteiger partial charge in [0, 0.05) is 6.08 Å². The number of methoxy groups -OCH3 is 1. The normalized spacial score (nSPS) is 12.1. The van der Waals surface area contributed by atoms with Gasteiger partial charge in [-0.15, -0.1) is 0 Å². The second-order valence-corrected chi connectivity index (χ2v) is 3.08. The van der Waals surface area contributed by atoms with E-state index in [0.717, 1.165) is 7.11 Å². The highest BCUT2D eigenvalue weighted by Gasteiger charge is 2.16. The fourth-order valence-electron chi connectivity index (χ4n) is 1.14. The molecule has 90 valence electrons. The van der Waals surface area contributed by atoms with Gasteiger partial charge in [0.1, 0.15) is 17.9 Å². The van der Waals surface area contributed by atoms with Crippen molar-refractivity contribution in [3.05, 3.63) is 41.0 Å². The molecule has 0 aliphatic carbocycles. The molecule has 0 saturated carbocycles. The third-order valence-corrected chi connectivity index (χ3v) is 2.01. The minimum atomic E-state index is -0.893. The van der Waals surface area contributed by atoms with Gasteiger partial charge in [0.25, 0.3) is 0 Å². The van der Waals surface area contributed by atoms with E-state index in [1.807, 2.05) is 0 Å². The first-order chi connectivity index (χ1) is 8.63. The monoisotopic (exact) mass is 243 g/mol. The van der Waals surface area contributed by atoms with E-state index in [1.54, 1.807) is 24.3 Å². The molecule has 0 aliphatic heterocycles. The maximum atomic E-state index is 11.3. The Morgan fingerprint density at radius 2 is 2.22 bits per heavy atom. The lowest BCUT2D eigenvalue weighted by Crippen LogP contribution is -2.12. The van der Waals surface area contributed by atoms with Crippen LogP contribution in [0.5, 0.6) is 0 Å². The second-order valence-electron chi connectivity index (χ2n) is 3.08. The van der Waals surface area contributed by atoms with Crippen molar-refractivity contribution in [3.8, 4) is 12.1 Å². The van der Waals surface area contributed by atoms with E-state index in [1.165, 1.54) is 12.3 Å². The van der Waals surface area contributed by atoms with E-state index in [0.29, 0.717) is 5.76 Å². The molecule has 1 rings (SSSR count). The van der Waals surface area contributed by atoms with Crippen molar-refractivity contribution in [2.45, 2.75) is 0 Å². The van der Waals surface area contributed by atoms with Crippen molar-refractivity contribution < 1.29 is 13.9 Å². The molecule has 0 aliphatic rings. The van der Waals surface area contributed by atoms with E-state index in [2.05, 4.69) is 4.74 Å². The first-order valence-electron chi connectivity index (χ1n) is 4.77. The van der Waals surface area contributed by atoms with Crippen molar-refractivity contribution in [2.24, 2.45) is 5.73 Å². The number of carbonyl (C=O) groups is 1. The molecule has 6 nitrogen and oxygen atoms in total. The van der Waals surface area contributed by atoms with Gasteiger partial charge in [-0.2, -0.15) is 10.5 Å². The minimum Gasteiger partial charge on any atom is -0.465 e. The third-order valence-electron chi connectivity index (χ3n) is 2.01. The molecule has 0 aromatic carbocycles. The van der Waals surface area contributed by atoms with Crippen LogP contribution >= 0.6 is 0 Å². The van der Waals surface area contributed by atoms with Crippen LogP contribution in [-0.4, -0.2) is 13.1 Å². The predicted octanol–water partition coefficient (Wildman–Crippen LogP) is 1.10. The van der Waals surface area contributed by atoms with Gasteiger partial charge in [-0.3, -0.25) is 0 Å². The van der Waals surface area contributed by atoms with Crippen LogP contribution in [0.4, 0.5) is 0 Å². The highest BCUT2D eigenvalue weighted by Crippen LogP contribution is 2.14. The predicted molar refractivity (Wildman–Crippen MR) is 61.1 cm³/mol. The van der Waals surface area contributed by atoms with Gasteiger partial charge in [0.2, 0.25) is 0 Å². The number of allylic oxidation sites excluding steroid dienone is 1. The molecule has 0 radical (unpaired) electrons. The minimum absolute atomic E-state index is 0.0492. The van der Waals surface area contributed by atoms with Crippen LogP contribution in [0.1, 0.15) is 5.76 Å². The Bertz CT molecular complexity index is 583. The Morgan fingerprint density at radius 3 is 2.67 bits per heavy atom. The van der Waals surface area contributed by atoms with Crippen LogP contribution in [0.15, 0.2) is 39.7 Å². The number of ether oxygens (including phenoxy) is 1. The molecular weight excluding hydrogens is 234 g/mol. The van der Waals surface area contributed by atoms with Crippen LogP contribution in [0.3, 0.4) is 0 Å². The van der Waals surface area contributed by atoms with Crippen LogP contribution < -0.4 is 5.73 Å². The first kappa shape index (κ1) is 13.1. The SMILES string of the molecule is COC(=O)/C(C#N)=C(N)/C(C#N)=C/c1ccco1. The Hall–Kier alpha value is -2.99. The number of nitriles is 2. The van der Waals surface area contributed by atoms with E-state index < -0.39 is 11.5 Å². The van der Waals surface area contributed by atoms with E-state index in [-0.39, 0.29) is 11.3 Å². The summed E-state index contributed by atoms with van der Waals surface area (Å²) < 4.78 is 9.41. The van der Waals surface area contributed by atoms with E-state index in [9.17, 15) is 4.79 Å². The lowest BCUT2D eigenvalue weighted by molar-refractivity contribution is -0.135. The summed E-state index contributed by atoms with van der Waals surface area (Å²) in [6.45, 7) is 0. The zero-order chi connectivity index (χ0) is 13.5. The van der Waals surface area contributed by atoms with Crippen molar-refractivity contribution in [1.82, 2.24) is 0 Å². The molecule has 1 aromatic heterocycles. The largest absolute Gasteiger partial charge is 0.465 e. The van der Waals surface area contributed by atoms with E-state index in [4.69, 9.17) is 20.7 Å². The Kier molecular flexibility index (Phi) is 4.30. The van der Waals surface area contributed by atoms with Crippen LogP contribution in [-0.2, 0) is 9.53 Å². The van der Waals surface area contributed by atoms with Crippen molar-refractivity contribution in [1.29, 1.82) is 10.5 Å². The number of hydrogen-bond donors (Lipinski definition) is 1. The lowest BCUT2D eigenvalue weighted by atomic mass is 10.1. The standard InChI is InChI=1S/C12H9N3O3/c1-17-12(16)10(7-14)11(15)8(6-13)5-9-3-2-4-18-9/h2-5H,15H2,1H3/b8-5+,11-10-. The molecule has 6 heteroatoms. The second kappa shape index (κ2) is 5.92. The van der Waals surface area contributed by atoms with Crippen molar-refractivity contribution in [2.75, 3.05) is 7.11 Å². The van der Waals surface area contributed by atoms with Crippen molar-refractivity contribution >= 4 is 12.0 Å². The Morgan fingerprint density at radius 1 is 1.50 bits per heavy atom. The molecule has 0 spiro atoms. The number of esters is 1. The zero-order valence-corrected chi connectivity index (χ0v) is 9.51. The summed E-state index contributed by atoms with van der Waals surface area (Å²) in [7, 11) is 1.12. The lowest BCUT2D eigenvalue weighted by Gasteiger charge is -2.02. The zero-order valence-electron chi connectivity index (χ0n) is 9.51. The maximum absolute atomic E-state index is 11.3. The maximum Gasteiger partial charge on any atom is 0.350 e. The summed E-state index contributed by atoms with van der Waals surface area (Å²) in [6.07, 6.45) is 2.75. The number of furan rings is 1. The number of nitrogens with zero attached hydrogens (tertiary/aromatic N) is 2. The van der Waals surface area contributed by atoms with Crippen LogP contribution in [0, 0.1) is 22.7 Å². The fourth-order valence-corrected chi connectivity index (χ4v) is 1.14. The summed E-state index contributed by atoms with van der Waals surface area (Å²) in [4.78, 5) is 11.3. The van der Waals surface area contributed by atoms with Gasteiger partial charge in [-0.25, -0.2) is 4.79 Å². The highest BCUT2D eigenvalue weighted by molar-refractivity contribution is 5.95. The molecule has 0 amide bonds. The fraction of sp³-hybridized carbons (Fsp3) is 0.0833. The molecule has 1 heterocycles. The summed E-state index contributed by atoms with van der Waals surface area (Å²) in [5.74, 6) is -0.507. The Labute approximate surface area is 103 Å². The highest BCUT2D eigenvalue weighted by atomic mass is 16.5. The van der Waals surface area contributed by atoms with Gasteiger partial charge in [-0.1, -0.05) is 0 Å². The summed E-state index contributed by atoms with van der Waals surface area (Å²) >= 11 is 0. The quantitative estimate of drug-likeness (QED) is 0.368. The average molecular weight is 243 g/mol. The molecule has 0 bridgehead atoms. The molecule has 2 N–H and O–H groups in total. The smallest absolute Gasteiger partial charge is 0.350 e.